The van der Waals surface area contributed by atoms with E-state index in [1.54, 1.807) is 7.11 Å². The zero-order valence-electron chi connectivity index (χ0n) is 13.1. The lowest BCUT2D eigenvalue weighted by molar-refractivity contribution is -0.117. The molecule has 0 bridgehead atoms. The summed E-state index contributed by atoms with van der Waals surface area (Å²) in [6.45, 7) is 0. The number of fused-ring (bicyclic) bond motifs is 2. The maximum atomic E-state index is 12.6. The van der Waals surface area contributed by atoms with Gasteiger partial charge in [0.05, 0.1) is 7.11 Å². The number of halogens is 2. The smallest absolute Gasteiger partial charge is 0.228 e. The number of anilines is 1. The lowest BCUT2D eigenvalue weighted by Crippen LogP contribution is -2.15. The van der Waals surface area contributed by atoms with Crippen LogP contribution in [0.5, 0.6) is 5.75 Å². The number of benzene rings is 1. The lowest BCUT2D eigenvalue weighted by atomic mass is 10.0. The van der Waals surface area contributed by atoms with Gasteiger partial charge in [0.15, 0.2) is 0 Å². The van der Waals surface area contributed by atoms with Crippen LogP contribution in [0.25, 0.3) is 0 Å². The van der Waals surface area contributed by atoms with Gasteiger partial charge in [-0.3, -0.25) is 4.79 Å². The standard InChI is InChI=1S/C18H21Cl2NO2/c1-23-11-4-2-3-10(9-11)21-17(22)16-12-5-7-14-15(18(14,19)20)8-6-13(12)16/h2-4,9,12-16H,5-8H2,1H3,(H,21,22)/t12-,13-,14-,15-/m1/s1. The van der Waals surface area contributed by atoms with Crippen LogP contribution in [0.4, 0.5) is 5.69 Å². The molecule has 0 unspecified atom stereocenters. The summed E-state index contributed by atoms with van der Waals surface area (Å²) in [6, 6.07) is 7.51. The van der Waals surface area contributed by atoms with Crippen molar-refractivity contribution in [3.05, 3.63) is 24.3 Å². The molecule has 4 rings (SSSR count). The Balaban J connectivity index is 1.38. The van der Waals surface area contributed by atoms with E-state index in [2.05, 4.69) is 5.32 Å². The molecule has 1 amide bonds. The van der Waals surface area contributed by atoms with Gasteiger partial charge in [0.1, 0.15) is 10.1 Å². The molecule has 4 atom stereocenters. The van der Waals surface area contributed by atoms with Gasteiger partial charge in [-0.2, -0.15) is 0 Å². The number of methoxy groups -OCH3 is 1. The van der Waals surface area contributed by atoms with Crippen LogP contribution in [0, 0.1) is 29.6 Å². The molecule has 23 heavy (non-hydrogen) atoms. The van der Waals surface area contributed by atoms with Crippen LogP contribution in [-0.4, -0.2) is 17.4 Å². The first-order valence-corrected chi connectivity index (χ1v) is 9.10. The fraction of sp³-hybridized carbons (Fsp3) is 0.611. The molecule has 0 radical (unpaired) electrons. The van der Waals surface area contributed by atoms with E-state index in [1.165, 1.54) is 0 Å². The van der Waals surface area contributed by atoms with Crippen molar-refractivity contribution in [2.75, 3.05) is 12.4 Å². The number of carbonyl (C=O) groups is 1. The van der Waals surface area contributed by atoms with Gasteiger partial charge in [-0.25, -0.2) is 0 Å². The highest BCUT2D eigenvalue weighted by Gasteiger charge is 2.65. The summed E-state index contributed by atoms with van der Waals surface area (Å²) in [5, 5.41) is 3.04. The molecule has 0 aliphatic heterocycles. The topological polar surface area (TPSA) is 38.3 Å². The van der Waals surface area contributed by atoms with E-state index >= 15 is 0 Å². The number of nitrogens with one attached hydrogen (secondary N) is 1. The van der Waals surface area contributed by atoms with Crippen molar-refractivity contribution in [1.29, 1.82) is 0 Å². The third-order valence-electron chi connectivity index (χ3n) is 5.96. The second-order valence-electron chi connectivity index (χ2n) is 7.12. The minimum Gasteiger partial charge on any atom is -0.497 e. The molecule has 5 heteroatoms. The van der Waals surface area contributed by atoms with Crippen LogP contribution in [-0.2, 0) is 4.79 Å². The Kier molecular flexibility index (Phi) is 3.77. The molecule has 0 heterocycles. The summed E-state index contributed by atoms with van der Waals surface area (Å²) in [7, 11) is 1.63. The van der Waals surface area contributed by atoms with Gasteiger partial charge in [0, 0.05) is 17.7 Å². The van der Waals surface area contributed by atoms with Gasteiger partial charge in [-0.1, -0.05) is 6.07 Å². The molecule has 0 spiro atoms. The predicted octanol–water partition coefficient (Wildman–Crippen LogP) is 4.49. The van der Waals surface area contributed by atoms with E-state index in [0.29, 0.717) is 23.7 Å². The van der Waals surface area contributed by atoms with Crippen LogP contribution >= 0.6 is 23.2 Å². The third-order valence-corrected chi connectivity index (χ3v) is 7.08. The Morgan fingerprint density at radius 2 is 1.83 bits per heavy atom. The van der Waals surface area contributed by atoms with Gasteiger partial charge in [0.2, 0.25) is 5.91 Å². The largest absolute Gasteiger partial charge is 0.497 e. The molecule has 1 N–H and O–H groups in total. The zero-order valence-corrected chi connectivity index (χ0v) is 14.6. The molecular formula is C18H21Cl2NO2. The molecule has 124 valence electrons. The van der Waals surface area contributed by atoms with Crippen LogP contribution in [0.2, 0.25) is 0 Å². The SMILES string of the molecule is COc1cccc(NC(=O)C2[C@@H]3CC[C@@H]4[C@@H](CC[C@@H]23)C4(Cl)Cl)c1. The average Bonchev–Trinajstić information content (AvgIpc) is 3.32. The van der Waals surface area contributed by atoms with Crippen LogP contribution in [0.15, 0.2) is 24.3 Å². The highest BCUT2D eigenvalue weighted by molar-refractivity contribution is 6.51. The highest BCUT2D eigenvalue weighted by atomic mass is 35.5. The van der Waals surface area contributed by atoms with E-state index in [1.807, 2.05) is 24.3 Å². The van der Waals surface area contributed by atoms with Crippen molar-refractivity contribution in [2.24, 2.45) is 29.6 Å². The normalized spacial score (nSPS) is 36.7. The van der Waals surface area contributed by atoms with Crippen molar-refractivity contribution >= 4 is 34.8 Å². The molecule has 0 saturated heterocycles. The molecule has 3 aliphatic carbocycles. The first-order chi connectivity index (χ1) is 11.0. The first-order valence-electron chi connectivity index (χ1n) is 8.35. The van der Waals surface area contributed by atoms with Gasteiger partial charge in [0.25, 0.3) is 0 Å². The summed E-state index contributed by atoms with van der Waals surface area (Å²) >= 11 is 12.7. The van der Waals surface area contributed by atoms with Gasteiger partial charge >= 0.3 is 0 Å². The minimum atomic E-state index is -0.491. The Morgan fingerprint density at radius 1 is 1.17 bits per heavy atom. The van der Waals surface area contributed by atoms with Crippen molar-refractivity contribution in [2.45, 2.75) is 30.0 Å². The third kappa shape index (κ3) is 2.72. The van der Waals surface area contributed by atoms with E-state index in [9.17, 15) is 4.79 Å². The fourth-order valence-corrected chi connectivity index (χ4v) is 5.46. The molecule has 1 aromatic rings. The van der Waals surface area contributed by atoms with E-state index < -0.39 is 4.33 Å². The summed E-state index contributed by atoms with van der Waals surface area (Å²) in [4.78, 5) is 12.6. The molecule has 0 aromatic heterocycles. The fourth-order valence-electron chi connectivity index (χ4n) is 4.54. The number of hydrogen-bond acceptors (Lipinski definition) is 2. The van der Waals surface area contributed by atoms with Crippen molar-refractivity contribution in [3.8, 4) is 5.75 Å². The molecule has 1 aromatic carbocycles. The number of amides is 1. The van der Waals surface area contributed by atoms with E-state index in [4.69, 9.17) is 27.9 Å². The number of ether oxygens (including phenoxy) is 1. The van der Waals surface area contributed by atoms with Crippen LogP contribution < -0.4 is 10.1 Å². The monoisotopic (exact) mass is 353 g/mol. The number of alkyl halides is 2. The average molecular weight is 354 g/mol. The van der Waals surface area contributed by atoms with Crippen molar-refractivity contribution in [3.63, 3.8) is 0 Å². The quantitative estimate of drug-likeness (QED) is 0.813. The van der Waals surface area contributed by atoms with Crippen LogP contribution in [0.1, 0.15) is 25.7 Å². The zero-order chi connectivity index (χ0) is 16.2. The Hall–Kier alpha value is -0.930. The summed E-state index contributed by atoms with van der Waals surface area (Å²) in [6.07, 6.45) is 4.26. The van der Waals surface area contributed by atoms with Crippen molar-refractivity contribution in [1.82, 2.24) is 0 Å². The highest BCUT2D eigenvalue weighted by Crippen LogP contribution is 2.67. The lowest BCUT2D eigenvalue weighted by Gasteiger charge is -2.07. The Morgan fingerprint density at radius 3 is 2.43 bits per heavy atom. The molecular weight excluding hydrogens is 333 g/mol. The Bertz CT molecular complexity index is 611. The summed E-state index contributed by atoms with van der Waals surface area (Å²) in [5.74, 6) is 2.94. The molecule has 3 saturated carbocycles. The number of carbonyl (C=O) groups excluding carboxylic acids is 1. The molecule has 3 aliphatic rings. The van der Waals surface area contributed by atoms with Gasteiger partial charge < -0.3 is 10.1 Å². The maximum Gasteiger partial charge on any atom is 0.228 e. The van der Waals surface area contributed by atoms with Gasteiger partial charge in [-0.05, 0) is 61.5 Å². The van der Waals surface area contributed by atoms with Crippen molar-refractivity contribution < 1.29 is 9.53 Å². The number of hydrogen-bond donors (Lipinski definition) is 1. The minimum absolute atomic E-state index is 0.145. The molecule has 3 fully saturated rings. The summed E-state index contributed by atoms with van der Waals surface area (Å²) < 4.78 is 4.71. The van der Waals surface area contributed by atoms with E-state index in [0.717, 1.165) is 37.1 Å². The second kappa shape index (κ2) is 5.56. The van der Waals surface area contributed by atoms with Gasteiger partial charge in [-0.15, -0.1) is 23.2 Å². The second-order valence-corrected chi connectivity index (χ2v) is 8.56. The van der Waals surface area contributed by atoms with E-state index in [-0.39, 0.29) is 11.8 Å². The molecule has 3 nitrogen and oxygen atoms in total. The van der Waals surface area contributed by atoms with Crippen LogP contribution in [0.3, 0.4) is 0 Å². The predicted molar refractivity (Wildman–Crippen MR) is 92.0 cm³/mol. The Labute approximate surface area is 146 Å². The maximum absolute atomic E-state index is 12.6. The number of rotatable bonds is 3. The summed E-state index contributed by atoms with van der Waals surface area (Å²) in [5.41, 5.74) is 0.803. The first kappa shape index (κ1) is 15.6.